The Kier molecular flexibility index (Phi) is 4.13. The summed E-state index contributed by atoms with van der Waals surface area (Å²) >= 11 is 0. The van der Waals surface area contributed by atoms with Crippen LogP contribution in [-0.4, -0.2) is 18.2 Å². The summed E-state index contributed by atoms with van der Waals surface area (Å²) in [5.41, 5.74) is -0.556. The first-order chi connectivity index (χ1) is 11.7. The average Bonchev–Trinajstić information content (AvgIpc) is 3.01. The number of alkyl halides is 3. The molecule has 9 heteroatoms. The lowest BCUT2D eigenvalue weighted by Crippen LogP contribution is -2.12. The van der Waals surface area contributed by atoms with Crippen LogP contribution in [0.1, 0.15) is 5.69 Å². The molecule has 0 saturated carbocycles. The molecular weight excluding hydrogens is 355 g/mol. The van der Waals surface area contributed by atoms with Gasteiger partial charge in [0.1, 0.15) is 0 Å². The quantitative estimate of drug-likeness (QED) is 0.772. The van der Waals surface area contributed by atoms with Gasteiger partial charge in [0.15, 0.2) is 5.69 Å². The SMILES string of the molecule is NS(=O)(=O)c1ccc(-c2cn(-c3ccccc3)nc2C(F)(F)F)cc1. The molecule has 2 N–H and O–H groups in total. The van der Waals surface area contributed by atoms with E-state index in [2.05, 4.69) is 5.10 Å². The zero-order valence-corrected chi connectivity index (χ0v) is 13.4. The second-order valence-corrected chi connectivity index (χ2v) is 6.80. The van der Waals surface area contributed by atoms with E-state index < -0.39 is 21.9 Å². The third-order valence-electron chi connectivity index (χ3n) is 3.50. The van der Waals surface area contributed by atoms with Crippen LogP contribution >= 0.6 is 0 Å². The first-order valence-corrected chi connectivity index (χ1v) is 8.56. The van der Waals surface area contributed by atoms with Gasteiger partial charge < -0.3 is 0 Å². The maximum absolute atomic E-state index is 13.3. The molecule has 1 aromatic heterocycles. The van der Waals surface area contributed by atoms with Crippen molar-refractivity contribution in [3.63, 3.8) is 0 Å². The largest absolute Gasteiger partial charge is 0.435 e. The normalized spacial score (nSPS) is 12.3. The van der Waals surface area contributed by atoms with E-state index in [9.17, 15) is 21.6 Å². The van der Waals surface area contributed by atoms with Crippen LogP contribution in [0.5, 0.6) is 0 Å². The summed E-state index contributed by atoms with van der Waals surface area (Å²) in [5.74, 6) is 0. The third-order valence-corrected chi connectivity index (χ3v) is 4.43. The number of hydrogen-bond acceptors (Lipinski definition) is 3. The van der Waals surface area contributed by atoms with Crippen LogP contribution in [0.4, 0.5) is 13.2 Å². The molecule has 0 aliphatic carbocycles. The minimum Gasteiger partial charge on any atom is -0.240 e. The second kappa shape index (κ2) is 6.01. The summed E-state index contributed by atoms with van der Waals surface area (Å²) in [6.45, 7) is 0. The van der Waals surface area contributed by atoms with Gasteiger partial charge in [-0.05, 0) is 29.8 Å². The van der Waals surface area contributed by atoms with Gasteiger partial charge in [0.05, 0.1) is 10.6 Å². The van der Waals surface area contributed by atoms with Gasteiger partial charge in [-0.25, -0.2) is 18.2 Å². The van der Waals surface area contributed by atoms with Crippen molar-refractivity contribution in [1.29, 1.82) is 0 Å². The topological polar surface area (TPSA) is 78.0 Å². The number of nitrogens with zero attached hydrogens (tertiary/aromatic N) is 2. The van der Waals surface area contributed by atoms with Crippen molar-refractivity contribution >= 4 is 10.0 Å². The third kappa shape index (κ3) is 3.57. The molecular formula is C16H12F3N3O2S. The number of hydrogen-bond donors (Lipinski definition) is 1. The summed E-state index contributed by atoms with van der Waals surface area (Å²) in [5, 5.41) is 8.65. The molecule has 0 aliphatic heterocycles. The molecule has 2 aromatic carbocycles. The molecule has 0 fully saturated rings. The Bertz CT molecular complexity index is 995. The van der Waals surface area contributed by atoms with Crippen LogP contribution in [-0.2, 0) is 16.2 Å². The zero-order valence-electron chi connectivity index (χ0n) is 12.6. The Balaban J connectivity index is 2.13. The Hall–Kier alpha value is -2.65. The summed E-state index contributed by atoms with van der Waals surface area (Å²) in [6, 6.07) is 13.2. The van der Waals surface area contributed by atoms with Crippen molar-refractivity contribution in [2.45, 2.75) is 11.1 Å². The number of aromatic nitrogens is 2. The number of primary sulfonamides is 1. The fourth-order valence-corrected chi connectivity index (χ4v) is 2.85. The van der Waals surface area contributed by atoms with E-state index >= 15 is 0 Å². The molecule has 0 aliphatic rings. The number of halogens is 3. The molecule has 0 atom stereocenters. The molecule has 0 amide bonds. The van der Waals surface area contributed by atoms with E-state index in [1.54, 1.807) is 30.3 Å². The summed E-state index contributed by atoms with van der Waals surface area (Å²) in [4.78, 5) is -0.180. The molecule has 1 heterocycles. The Labute approximate surface area is 141 Å². The highest BCUT2D eigenvalue weighted by molar-refractivity contribution is 7.89. The van der Waals surface area contributed by atoms with Crippen molar-refractivity contribution in [2.75, 3.05) is 0 Å². The maximum Gasteiger partial charge on any atom is 0.435 e. The predicted octanol–water partition coefficient (Wildman–Crippen LogP) is 3.21. The highest BCUT2D eigenvalue weighted by Crippen LogP contribution is 2.36. The van der Waals surface area contributed by atoms with E-state index in [4.69, 9.17) is 5.14 Å². The van der Waals surface area contributed by atoms with Gasteiger partial charge in [0.25, 0.3) is 0 Å². The first-order valence-electron chi connectivity index (χ1n) is 7.02. The summed E-state index contributed by atoms with van der Waals surface area (Å²) in [6.07, 6.45) is -3.40. The number of rotatable bonds is 3. The van der Waals surface area contributed by atoms with E-state index in [1.807, 2.05) is 0 Å². The molecule has 0 unspecified atom stereocenters. The van der Waals surface area contributed by atoms with Gasteiger partial charge in [-0.15, -0.1) is 0 Å². The monoisotopic (exact) mass is 367 g/mol. The molecule has 0 saturated heterocycles. The average molecular weight is 367 g/mol. The predicted molar refractivity (Wildman–Crippen MR) is 85.4 cm³/mol. The number of nitrogens with two attached hydrogens (primary N) is 1. The van der Waals surface area contributed by atoms with E-state index in [0.717, 1.165) is 16.8 Å². The molecule has 5 nitrogen and oxygen atoms in total. The van der Waals surface area contributed by atoms with E-state index in [0.29, 0.717) is 5.69 Å². The van der Waals surface area contributed by atoms with Crippen LogP contribution in [0, 0.1) is 0 Å². The Morgan fingerprint density at radius 3 is 2.08 bits per heavy atom. The van der Waals surface area contributed by atoms with Crippen molar-refractivity contribution < 1.29 is 21.6 Å². The van der Waals surface area contributed by atoms with Crippen LogP contribution in [0.25, 0.3) is 16.8 Å². The highest BCUT2D eigenvalue weighted by Gasteiger charge is 2.37. The van der Waals surface area contributed by atoms with Crippen molar-refractivity contribution in [3.8, 4) is 16.8 Å². The van der Waals surface area contributed by atoms with Gasteiger partial charge in [-0.3, -0.25) is 0 Å². The Morgan fingerprint density at radius 2 is 1.56 bits per heavy atom. The molecule has 0 bridgehead atoms. The van der Waals surface area contributed by atoms with Gasteiger partial charge >= 0.3 is 6.18 Å². The maximum atomic E-state index is 13.3. The highest BCUT2D eigenvalue weighted by atomic mass is 32.2. The number of benzene rings is 2. The summed E-state index contributed by atoms with van der Waals surface area (Å²) in [7, 11) is -3.92. The number of sulfonamides is 1. The van der Waals surface area contributed by atoms with Crippen molar-refractivity contribution in [3.05, 3.63) is 66.5 Å². The van der Waals surface area contributed by atoms with Crippen LogP contribution < -0.4 is 5.14 Å². The van der Waals surface area contributed by atoms with Crippen LogP contribution in [0.2, 0.25) is 0 Å². The van der Waals surface area contributed by atoms with E-state index in [-0.39, 0.29) is 16.0 Å². The lowest BCUT2D eigenvalue weighted by molar-refractivity contribution is -0.140. The lowest BCUT2D eigenvalue weighted by atomic mass is 10.1. The minimum absolute atomic E-state index is 0.155. The van der Waals surface area contributed by atoms with Gasteiger partial charge in [-0.2, -0.15) is 18.3 Å². The smallest absolute Gasteiger partial charge is 0.240 e. The molecule has 3 aromatic rings. The van der Waals surface area contributed by atoms with Gasteiger partial charge in [-0.1, -0.05) is 30.3 Å². The van der Waals surface area contributed by atoms with Gasteiger partial charge in [0, 0.05) is 11.8 Å². The lowest BCUT2D eigenvalue weighted by Gasteiger charge is -2.06. The Morgan fingerprint density at radius 1 is 0.960 bits per heavy atom. The first kappa shape index (κ1) is 17.2. The van der Waals surface area contributed by atoms with Crippen LogP contribution in [0.3, 0.4) is 0 Å². The molecule has 130 valence electrons. The van der Waals surface area contributed by atoms with Crippen molar-refractivity contribution in [1.82, 2.24) is 9.78 Å². The van der Waals surface area contributed by atoms with E-state index in [1.165, 1.54) is 18.3 Å². The minimum atomic E-state index is -4.66. The fraction of sp³-hybridized carbons (Fsp3) is 0.0625. The zero-order chi connectivity index (χ0) is 18.2. The molecule has 3 rings (SSSR count). The fourth-order valence-electron chi connectivity index (χ4n) is 2.33. The van der Waals surface area contributed by atoms with Crippen LogP contribution in [0.15, 0.2) is 65.7 Å². The summed E-state index contributed by atoms with van der Waals surface area (Å²) < 4.78 is 63.7. The standard InChI is InChI=1S/C16H12F3N3O2S/c17-16(18,19)15-14(10-22(21-15)12-4-2-1-3-5-12)11-6-8-13(9-7-11)25(20,23)24/h1-10H,(H2,20,23,24). The second-order valence-electron chi connectivity index (χ2n) is 5.24. The molecule has 0 spiro atoms. The molecule has 0 radical (unpaired) electrons. The van der Waals surface area contributed by atoms with Crippen molar-refractivity contribution in [2.24, 2.45) is 5.14 Å². The van der Waals surface area contributed by atoms with Gasteiger partial charge in [0.2, 0.25) is 10.0 Å². The molecule has 25 heavy (non-hydrogen) atoms. The number of para-hydroxylation sites is 1.